The van der Waals surface area contributed by atoms with E-state index in [-0.39, 0.29) is 17.6 Å². The molecule has 1 saturated heterocycles. The third-order valence-electron chi connectivity index (χ3n) is 5.27. The van der Waals surface area contributed by atoms with Crippen LogP contribution in [-0.4, -0.2) is 39.6 Å². The lowest BCUT2D eigenvalue weighted by molar-refractivity contribution is -0.131. The van der Waals surface area contributed by atoms with E-state index in [2.05, 4.69) is 10.4 Å². The molecule has 160 valence electrons. The van der Waals surface area contributed by atoms with Crippen LogP contribution in [-0.2, 0) is 16.6 Å². The number of anilines is 1. The van der Waals surface area contributed by atoms with Crippen LogP contribution in [0.1, 0.15) is 12.8 Å². The van der Waals surface area contributed by atoms with Gasteiger partial charge < -0.3 is 15.0 Å². The number of nitrogens with one attached hydrogen (secondary N) is 1. The molecule has 4 rings (SSSR count). The Hall–Kier alpha value is -3.75. The standard InChI is InChI=1S/C22H20F2N4O3/c1-27-20(7-8-21(27)29)22(30)26-18-12-14(31-13-4-6-16(23)17(24)11-13)3-5-15(18)19-9-10-25-28(19)2/h3-6,9-12,20H,7-8H2,1-2H3,(H,26,30). The Balaban J connectivity index is 1.66. The number of carbonyl (C=O) groups excluding carboxylic acids is 2. The molecule has 9 heteroatoms. The zero-order valence-corrected chi connectivity index (χ0v) is 16.9. The number of nitrogens with zero attached hydrogens (tertiary/aromatic N) is 3. The molecule has 1 fully saturated rings. The first-order chi connectivity index (χ1) is 14.8. The summed E-state index contributed by atoms with van der Waals surface area (Å²) in [6.45, 7) is 0. The zero-order valence-electron chi connectivity index (χ0n) is 16.9. The van der Waals surface area contributed by atoms with E-state index in [4.69, 9.17) is 4.74 Å². The highest BCUT2D eigenvalue weighted by Gasteiger charge is 2.33. The van der Waals surface area contributed by atoms with E-state index in [0.29, 0.717) is 29.8 Å². The molecule has 0 aliphatic carbocycles. The van der Waals surface area contributed by atoms with Crippen molar-refractivity contribution in [1.29, 1.82) is 0 Å². The normalized spacial score (nSPS) is 15.9. The van der Waals surface area contributed by atoms with E-state index in [1.807, 2.05) is 0 Å². The summed E-state index contributed by atoms with van der Waals surface area (Å²) in [6, 6.07) is 9.46. The Morgan fingerprint density at radius 2 is 1.84 bits per heavy atom. The van der Waals surface area contributed by atoms with Crippen LogP contribution in [0.5, 0.6) is 11.5 Å². The average Bonchev–Trinajstić information content (AvgIpc) is 3.30. The Kier molecular flexibility index (Phi) is 5.41. The van der Waals surface area contributed by atoms with Crippen LogP contribution < -0.4 is 10.1 Å². The third kappa shape index (κ3) is 4.11. The predicted molar refractivity (Wildman–Crippen MR) is 109 cm³/mol. The summed E-state index contributed by atoms with van der Waals surface area (Å²) in [5.41, 5.74) is 1.89. The number of likely N-dealkylation sites (tertiary alicyclic amines) is 1. The Bertz CT molecular complexity index is 1160. The number of halogens is 2. The SMILES string of the molecule is CN1C(=O)CCC1C(=O)Nc1cc(Oc2ccc(F)c(F)c2)ccc1-c1ccnn1C. The van der Waals surface area contributed by atoms with Gasteiger partial charge in [-0.2, -0.15) is 5.10 Å². The third-order valence-corrected chi connectivity index (χ3v) is 5.27. The molecule has 1 aromatic heterocycles. The second-order valence-electron chi connectivity index (χ2n) is 7.27. The monoisotopic (exact) mass is 426 g/mol. The fourth-order valence-electron chi connectivity index (χ4n) is 3.56. The summed E-state index contributed by atoms with van der Waals surface area (Å²) >= 11 is 0. The second kappa shape index (κ2) is 8.17. The molecule has 2 amide bonds. The molecule has 0 bridgehead atoms. The molecule has 2 heterocycles. The number of amides is 2. The fourth-order valence-corrected chi connectivity index (χ4v) is 3.56. The number of benzene rings is 2. The maximum Gasteiger partial charge on any atom is 0.247 e. The van der Waals surface area contributed by atoms with Gasteiger partial charge in [0.15, 0.2) is 11.6 Å². The lowest BCUT2D eigenvalue weighted by Gasteiger charge is -2.20. The molecule has 7 nitrogen and oxygen atoms in total. The number of aromatic nitrogens is 2. The van der Waals surface area contributed by atoms with Crippen LogP contribution >= 0.6 is 0 Å². The van der Waals surface area contributed by atoms with Crippen LogP contribution in [0.25, 0.3) is 11.3 Å². The molecule has 0 radical (unpaired) electrons. The zero-order chi connectivity index (χ0) is 22.1. The summed E-state index contributed by atoms with van der Waals surface area (Å²) in [5, 5.41) is 7.04. The average molecular weight is 426 g/mol. The van der Waals surface area contributed by atoms with E-state index in [9.17, 15) is 18.4 Å². The van der Waals surface area contributed by atoms with Crippen molar-refractivity contribution in [2.24, 2.45) is 7.05 Å². The van der Waals surface area contributed by atoms with Gasteiger partial charge in [-0.3, -0.25) is 14.3 Å². The first-order valence-corrected chi connectivity index (χ1v) is 9.65. The van der Waals surface area contributed by atoms with Gasteiger partial charge in [0.1, 0.15) is 17.5 Å². The highest BCUT2D eigenvalue weighted by Crippen LogP contribution is 2.34. The van der Waals surface area contributed by atoms with Gasteiger partial charge >= 0.3 is 0 Å². The molecule has 0 saturated carbocycles. The van der Waals surface area contributed by atoms with Crippen LogP contribution in [0.4, 0.5) is 14.5 Å². The van der Waals surface area contributed by atoms with Crippen molar-refractivity contribution >= 4 is 17.5 Å². The van der Waals surface area contributed by atoms with Crippen molar-refractivity contribution in [3.8, 4) is 22.8 Å². The Labute approximate surface area is 177 Å². The largest absolute Gasteiger partial charge is 0.457 e. The van der Waals surface area contributed by atoms with Crippen molar-refractivity contribution in [2.75, 3.05) is 12.4 Å². The summed E-state index contributed by atoms with van der Waals surface area (Å²) in [5.74, 6) is -1.95. The van der Waals surface area contributed by atoms with Gasteiger partial charge in [0.2, 0.25) is 11.8 Å². The first kappa shape index (κ1) is 20.5. The van der Waals surface area contributed by atoms with Crippen LogP contribution in [0.3, 0.4) is 0 Å². The number of ether oxygens (including phenoxy) is 1. The van der Waals surface area contributed by atoms with Crippen LogP contribution in [0.2, 0.25) is 0 Å². The minimum atomic E-state index is -1.02. The van der Waals surface area contributed by atoms with Gasteiger partial charge in [0.25, 0.3) is 0 Å². The van der Waals surface area contributed by atoms with Gasteiger partial charge in [-0.25, -0.2) is 8.78 Å². The molecule has 1 aliphatic rings. The van der Waals surface area contributed by atoms with Crippen molar-refractivity contribution in [1.82, 2.24) is 14.7 Å². The van der Waals surface area contributed by atoms with E-state index in [1.54, 1.807) is 49.2 Å². The summed E-state index contributed by atoms with van der Waals surface area (Å²) in [6.07, 6.45) is 2.39. The van der Waals surface area contributed by atoms with Gasteiger partial charge in [-0.15, -0.1) is 0 Å². The summed E-state index contributed by atoms with van der Waals surface area (Å²) < 4.78 is 34.0. The minimum absolute atomic E-state index is 0.0811. The first-order valence-electron chi connectivity index (χ1n) is 9.65. The number of carbonyl (C=O) groups is 2. The minimum Gasteiger partial charge on any atom is -0.457 e. The van der Waals surface area contributed by atoms with E-state index < -0.39 is 17.7 Å². The molecular weight excluding hydrogens is 406 g/mol. The highest BCUT2D eigenvalue weighted by molar-refractivity contribution is 6.01. The maximum atomic E-state index is 13.5. The van der Waals surface area contributed by atoms with E-state index >= 15 is 0 Å². The molecule has 3 aromatic rings. The molecule has 1 aliphatic heterocycles. The van der Waals surface area contributed by atoms with Crippen molar-refractivity contribution < 1.29 is 23.1 Å². The molecule has 1 N–H and O–H groups in total. The molecule has 0 spiro atoms. The smallest absolute Gasteiger partial charge is 0.247 e. The molecule has 1 atom stereocenters. The van der Waals surface area contributed by atoms with Gasteiger partial charge in [0.05, 0.1) is 11.4 Å². The number of hydrogen-bond acceptors (Lipinski definition) is 4. The maximum absolute atomic E-state index is 13.5. The fraction of sp³-hybridized carbons (Fsp3) is 0.227. The number of likely N-dealkylation sites (N-methyl/N-ethyl adjacent to an activating group) is 1. The number of rotatable bonds is 5. The molecule has 1 unspecified atom stereocenters. The van der Waals surface area contributed by atoms with Crippen LogP contribution in [0.15, 0.2) is 48.7 Å². The lowest BCUT2D eigenvalue weighted by Crippen LogP contribution is -2.39. The van der Waals surface area contributed by atoms with Crippen molar-refractivity contribution in [3.63, 3.8) is 0 Å². The number of hydrogen-bond donors (Lipinski definition) is 1. The molecular formula is C22H20F2N4O3. The van der Waals surface area contributed by atoms with Gasteiger partial charge in [0, 0.05) is 44.4 Å². The quantitative estimate of drug-likeness (QED) is 0.675. The lowest BCUT2D eigenvalue weighted by atomic mass is 10.1. The summed E-state index contributed by atoms with van der Waals surface area (Å²) in [4.78, 5) is 26.1. The topological polar surface area (TPSA) is 76.5 Å². The van der Waals surface area contributed by atoms with E-state index in [1.165, 1.54) is 11.0 Å². The van der Waals surface area contributed by atoms with E-state index in [0.717, 1.165) is 17.8 Å². The van der Waals surface area contributed by atoms with Crippen LogP contribution in [0, 0.1) is 11.6 Å². The van der Waals surface area contributed by atoms with Crippen molar-refractivity contribution in [3.05, 3.63) is 60.3 Å². The predicted octanol–water partition coefficient (Wildman–Crippen LogP) is 3.72. The Morgan fingerprint density at radius 1 is 1.10 bits per heavy atom. The Morgan fingerprint density at radius 3 is 2.48 bits per heavy atom. The molecule has 31 heavy (non-hydrogen) atoms. The number of aryl methyl sites for hydroxylation is 1. The highest BCUT2D eigenvalue weighted by atomic mass is 19.2. The molecule has 2 aromatic carbocycles. The van der Waals surface area contributed by atoms with Crippen molar-refractivity contribution in [2.45, 2.75) is 18.9 Å². The van der Waals surface area contributed by atoms with Gasteiger partial charge in [-0.05, 0) is 36.8 Å². The van der Waals surface area contributed by atoms with Gasteiger partial charge in [-0.1, -0.05) is 0 Å². The second-order valence-corrected chi connectivity index (χ2v) is 7.27. The summed E-state index contributed by atoms with van der Waals surface area (Å²) in [7, 11) is 3.38.